The summed E-state index contributed by atoms with van der Waals surface area (Å²) in [6, 6.07) is 11.5. The fourth-order valence-electron chi connectivity index (χ4n) is 3.93. The molecule has 3 aromatic rings. The Kier molecular flexibility index (Phi) is 7.32. The SMILES string of the molecule is CCC(=O)c1cnc(Nc2ccc(S(C)(=O)=O)cn2)cc1N(N)c1ccc(C(=O)N2CCCC2)cc1. The van der Waals surface area contributed by atoms with E-state index in [1.54, 1.807) is 37.3 Å². The van der Waals surface area contributed by atoms with Gasteiger partial charge in [-0.2, -0.15) is 0 Å². The summed E-state index contributed by atoms with van der Waals surface area (Å²) < 4.78 is 23.3. The molecule has 0 spiro atoms. The van der Waals surface area contributed by atoms with Gasteiger partial charge in [-0.15, -0.1) is 0 Å². The highest BCUT2D eigenvalue weighted by atomic mass is 32.2. The Morgan fingerprint density at radius 2 is 1.69 bits per heavy atom. The van der Waals surface area contributed by atoms with E-state index in [9.17, 15) is 18.0 Å². The molecule has 1 saturated heterocycles. The maximum Gasteiger partial charge on any atom is 0.253 e. The monoisotopic (exact) mass is 508 g/mol. The highest BCUT2D eigenvalue weighted by molar-refractivity contribution is 7.90. The van der Waals surface area contributed by atoms with E-state index in [0.29, 0.717) is 34.1 Å². The van der Waals surface area contributed by atoms with Crippen molar-refractivity contribution in [1.29, 1.82) is 0 Å². The highest BCUT2D eigenvalue weighted by Crippen LogP contribution is 2.30. The van der Waals surface area contributed by atoms with Crippen LogP contribution in [0.4, 0.5) is 23.0 Å². The molecule has 0 radical (unpaired) electrons. The fraction of sp³-hybridized carbons (Fsp3) is 0.280. The number of carbonyl (C=O) groups is 2. The Bertz CT molecular complexity index is 1370. The van der Waals surface area contributed by atoms with Gasteiger partial charge in [-0.1, -0.05) is 6.92 Å². The van der Waals surface area contributed by atoms with Crippen LogP contribution in [0.5, 0.6) is 0 Å². The standard InChI is InChI=1S/C25H28N6O4S/c1-3-22(32)20-16-28-24(29-23-11-10-19(15-27-23)36(2,34)35)14-21(20)31(26)18-8-6-17(7-9-18)25(33)30-12-4-5-13-30/h6-11,14-16H,3-5,12-13,26H2,1-2H3,(H,27,28,29). The summed E-state index contributed by atoms with van der Waals surface area (Å²) in [7, 11) is -3.36. The molecule has 0 unspecified atom stereocenters. The minimum atomic E-state index is -3.36. The van der Waals surface area contributed by atoms with E-state index in [0.717, 1.165) is 32.2 Å². The first kappa shape index (κ1) is 25.3. The zero-order valence-electron chi connectivity index (χ0n) is 20.1. The number of Topliss-reactive ketones (excluding diaryl/α,β-unsaturated/α-hetero) is 1. The zero-order chi connectivity index (χ0) is 25.9. The Morgan fingerprint density at radius 1 is 1.03 bits per heavy atom. The van der Waals surface area contributed by atoms with Crippen molar-refractivity contribution in [2.24, 2.45) is 5.84 Å². The minimum absolute atomic E-state index is 0.00531. The number of ketones is 1. The van der Waals surface area contributed by atoms with Crippen molar-refractivity contribution in [2.75, 3.05) is 29.7 Å². The number of benzene rings is 1. The molecule has 2 aromatic heterocycles. The van der Waals surface area contributed by atoms with Gasteiger partial charge in [0.05, 0.1) is 21.8 Å². The third kappa shape index (κ3) is 5.52. The number of hydrazine groups is 1. The van der Waals surface area contributed by atoms with Crippen LogP contribution in [-0.4, -0.2) is 54.3 Å². The lowest BCUT2D eigenvalue weighted by atomic mass is 10.1. The van der Waals surface area contributed by atoms with E-state index in [-0.39, 0.29) is 23.0 Å². The largest absolute Gasteiger partial charge is 0.339 e. The third-order valence-corrected chi connectivity index (χ3v) is 7.07. The smallest absolute Gasteiger partial charge is 0.253 e. The molecular weight excluding hydrogens is 480 g/mol. The lowest BCUT2D eigenvalue weighted by Gasteiger charge is -2.23. The molecule has 1 aliphatic heterocycles. The van der Waals surface area contributed by atoms with Crippen molar-refractivity contribution >= 4 is 44.5 Å². The van der Waals surface area contributed by atoms with Crippen LogP contribution in [-0.2, 0) is 9.84 Å². The lowest BCUT2D eigenvalue weighted by molar-refractivity contribution is 0.0792. The number of nitrogens with two attached hydrogens (primary N) is 1. The summed E-state index contributed by atoms with van der Waals surface area (Å²) in [5, 5.41) is 4.38. The number of nitrogens with one attached hydrogen (secondary N) is 1. The van der Waals surface area contributed by atoms with Gasteiger partial charge in [-0.25, -0.2) is 24.2 Å². The molecule has 36 heavy (non-hydrogen) atoms. The van der Waals surface area contributed by atoms with Gasteiger partial charge in [0.25, 0.3) is 5.91 Å². The Balaban J connectivity index is 1.60. The van der Waals surface area contributed by atoms with Crippen LogP contribution < -0.4 is 16.2 Å². The molecular formula is C25H28N6O4S. The van der Waals surface area contributed by atoms with Crippen LogP contribution in [0.15, 0.2) is 59.8 Å². The maximum absolute atomic E-state index is 12.7. The second-order valence-corrected chi connectivity index (χ2v) is 10.6. The molecule has 1 amide bonds. The molecule has 188 valence electrons. The zero-order valence-corrected chi connectivity index (χ0v) is 21.0. The Labute approximate surface area is 210 Å². The van der Waals surface area contributed by atoms with Crippen molar-refractivity contribution < 1.29 is 18.0 Å². The molecule has 3 heterocycles. The highest BCUT2D eigenvalue weighted by Gasteiger charge is 2.21. The van der Waals surface area contributed by atoms with Crippen molar-refractivity contribution in [3.8, 4) is 0 Å². The number of rotatable bonds is 8. The van der Waals surface area contributed by atoms with Crippen molar-refractivity contribution in [3.63, 3.8) is 0 Å². The second-order valence-electron chi connectivity index (χ2n) is 8.56. The van der Waals surface area contributed by atoms with Gasteiger partial charge in [0.2, 0.25) is 0 Å². The van der Waals surface area contributed by atoms with E-state index in [2.05, 4.69) is 15.3 Å². The molecule has 0 atom stereocenters. The Hall–Kier alpha value is -3.83. The molecule has 0 saturated carbocycles. The summed E-state index contributed by atoms with van der Waals surface area (Å²) in [6.45, 7) is 3.29. The molecule has 3 N–H and O–H groups in total. The number of likely N-dealkylation sites (tertiary alicyclic amines) is 1. The third-order valence-electron chi connectivity index (χ3n) is 5.97. The number of sulfone groups is 1. The molecule has 0 aliphatic carbocycles. The molecule has 11 heteroatoms. The van der Waals surface area contributed by atoms with E-state index < -0.39 is 9.84 Å². The summed E-state index contributed by atoms with van der Waals surface area (Å²) in [5.74, 6) is 7.05. The van der Waals surface area contributed by atoms with Gasteiger partial charge in [-0.05, 0) is 49.2 Å². The minimum Gasteiger partial charge on any atom is -0.339 e. The van der Waals surface area contributed by atoms with Crippen LogP contribution in [0.3, 0.4) is 0 Å². The topological polar surface area (TPSA) is 139 Å². The van der Waals surface area contributed by atoms with Gasteiger partial charge in [0.1, 0.15) is 11.6 Å². The number of hydrogen-bond donors (Lipinski definition) is 2. The van der Waals surface area contributed by atoms with Crippen LogP contribution in [0.1, 0.15) is 46.9 Å². The summed E-state index contributed by atoms with van der Waals surface area (Å²) in [4.78, 5) is 35.6. The number of hydrogen-bond acceptors (Lipinski definition) is 9. The van der Waals surface area contributed by atoms with Gasteiger partial charge >= 0.3 is 0 Å². The maximum atomic E-state index is 12.7. The average Bonchev–Trinajstić information content (AvgIpc) is 3.42. The molecule has 4 rings (SSSR count). The van der Waals surface area contributed by atoms with Crippen molar-refractivity contribution in [1.82, 2.24) is 14.9 Å². The van der Waals surface area contributed by atoms with Gasteiger partial charge in [-0.3, -0.25) is 14.6 Å². The molecule has 1 aromatic carbocycles. The van der Waals surface area contributed by atoms with Gasteiger partial charge < -0.3 is 10.2 Å². The number of nitrogens with zero attached hydrogens (tertiary/aromatic N) is 4. The molecule has 10 nitrogen and oxygen atoms in total. The second kappa shape index (κ2) is 10.4. The Morgan fingerprint density at radius 3 is 2.28 bits per heavy atom. The molecule has 1 aliphatic rings. The van der Waals surface area contributed by atoms with Gasteiger partial charge in [0.15, 0.2) is 15.6 Å². The van der Waals surface area contributed by atoms with E-state index in [4.69, 9.17) is 5.84 Å². The van der Waals surface area contributed by atoms with Gasteiger partial charge in [0, 0.05) is 49.8 Å². The number of carbonyl (C=O) groups excluding carboxylic acids is 2. The number of aromatic nitrogens is 2. The first-order chi connectivity index (χ1) is 17.2. The van der Waals surface area contributed by atoms with E-state index in [1.807, 2.05) is 4.90 Å². The van der Waals surface area contributed by atoms with Crippen LogP contribution in [0.25, 0.3) is 0 Å². The van der Waals surface area contributed by atoms with E-state index in [1.165, 1.54) is 29.5 Å². The fourth-order valence-corrected chi connectivity index (χ4v) is 4.49. The van der Waals surface area contributed by atoms with Crippen LogP contribution in [0.2, 0.25) is 0 Å². The van der Waals surface area contributed by atoms with Crippen LogP contribution in [0, 0.1) is 0 Å². The van der Waals surface area contributed by atoms with E-state index >= 15 is 0 Å². The van der Waals surface area contributed by atoms with Crippen molar-refractivity contribution in [2.45, 2.75) is 31.1 Å². The molecule has 1 fully saturated rings. The normalized spacial score (nSPS) is 13.5. The van der Waals surface area contributed by atoms with Crippen molar-refractivity contribution in [3.05, 3.63) is 66.0 Å². The summed E-state index contributed by atoms with van der Waals surface area (Å²) in [5.41, 5.74) is 1.94. The number of amides is 1. The number of anilines is 4. The quantitative estimate of drug-likeness (QED) is 0.266. The summed E-state index contributed by atoms with van der Waals surface area (Å²) >= 11 is 0. The molecule has 0 bridgehead atoms. The predicted molar refractivity (Wildman–Crippen MR) is 137 cm³/mol. The average molecular weight is 509 g/mol. The summed E-state index contributed by atoms with van der Waals surface area (Å²) in [6.07, 6.45) is 6.12. The van der Waals surface area contributed by atoms with Crippen LogP contribution >= 0.6 is 0 Å². The first-order valence-electron chi connectivity index (χ1n) is 11.6. The lowest BCUT2D eigenvalue weighted by Crippen LogP contribution is -2.28. The number of pyridine rings is 2. The predicted octanol–water partition coefficient (Wildman–Crippen LogP) is 3.46. The first-order valence-corrected chi connectivity index (χ1v) is 13.5.